The van der Waals surface area contributed by atoms with E-state index in [1.807, 2.05) is 0 Å². The Labute approximate surface area is 418 Å². The quantitative estimate of drug-likeness (QED) is 0.160. The van der Waals surface area contributed by atoms with E-state index < -0.39 is 0 Å². The van der Waals surface area contributed by atoms with Crippen LogP contribution in [0.1, 0.15) is 136 Å². The molecule has 8 aromatic rings. The van der Waals surface area contributed by atoms with Crippen molar-refractivity contribution in [1.29, 1.82) is 0 Å². The molecule has 1 aliphatic carbocycles. The summed E-state index contributed by atoms with van der Waals surface area (Å²) in [6.07, 6.45) is 2.27. The van der Waals surface area contributed by atoms with Crippen LogP contribution in [0, 0.1) is 6.92 Å². The lowest BCUT2D eigenvalue weighted by atomic mass is 9.35. The lowest BCUT2D eigenvalue weighted by Crippen LogP contribution is -2.61. The standard InChI is InChI=1S/C65H70BN3O/c1-41-24-28-46(29-25-41)67(45-20-16-15-17-21-45)49-37-55-58-56(38-49)69(47-30-26-42(27-31-47)61(2,3)4)59-50-22-18-19-23-57(50)70-60(59)66(58)53-39-51-52(65(13,14)33-32-64(51,11)12)40-54(53)68(55)48-35-43(62(5,6)7)34-44(36-48)63(8,9)10/h15-31,34-40H,32-33H2,1-14H3. The molecule has 4 nitrogen and oxygen atoms in total. The molecule has 0 amide bonds. The Morgan fingerprint density at radius 1 is 0.500 bits per heavy atom. The highest BCUT2D eigenvalue weighted by atomic mass is 16.3. The van der Waals surface area contributed by atoms with Crippen molar-refractivity contribution in [3.05, 3.63) is 179 Å². The fourth-order valence-corrected chi connectivity index (χ4v) is 11.6. The van der Waals surface area contributed by atoms with Crippen molar-refractivity contribution in [3.8, 4) is 0 Å². The van der Waals surface area contributed by atoms with Crippen LogP contribution in [-0.4, -0.2) is 6.71 Å². The zero-order valence-electron chi connectivity index (χ0n) is 44.1. The fourth-order valence-electron chi connectivity index (χ4n) is 11.6. The zero-order chi connectivity index (χ0) is 49.4. The Morgan fingerprint density at radius 3 is 1.64 bits per heavy atom. The number of anilines is 9. The molecule has 11 rings (SSSR count). The lowest BCUT2D eigenvalue weighted by molar-refractivity contribution is 0.332. The predicted molar refractivity (Wildman–Crippen MR) is 301 cm³/mol. The van der Waals surface area contributed by atoms with Crippen LogP contribution in [0.5, 0.6) is 0 Å². The maximum atomic E-state index is 7.39. The minimum atomic E-state index is -0.179. The number of rotatable bonds is 5. The summed E-state index contributed by atoms with van der Waals surface area (Å²) in [6, 6.07) is 55.5. The van der Waals surface area contributed by atoms with Crippen molar-refractivity contribution in [1.82, 2.24) is 0 Å². The van der Waals surface area contributed by atoms with Crippen LogP contribution in [0.4, 0.5) is 51.2 Å². The first-order chi connectivity index (χ1) is 33.0. The molecule has 2 aliphatic heterocycles. The summed E-state index contributed by atoms with van der Waals surface area (Å²) in [7, 11) is 0. The first kappa shape index (κ1) is 46.0. The van der Waals surface area contributed by atoms with E-state index in [2.05, 4.69) is 257 Å². The zero-order valence-corrected chi connectivity index (χ0v) is 44.1. The van der Waals surface area contributed by atoms with E-state index in [9.17, 15) is 0 Å². The van der Waals surface area contributed by atoms with Crippen LogP contribution in [0.2, 0.25) is 0 Å². The first-order valence-electron chi connectivity index (χ1n) is 25.7. The van der Waals surface area contributed by atoms with Crippen LogP contribution in [0.15, 0.2) is 150 Å². The van der Waals surface area contributed by atoms with Gasteiger partial charge in [-0.1, -0.05) is 162 Å². The Balaban J connectivity index is 1.33. The molecule has 354 valence electrons. The van der Waals surface area contributed by atoms with Gasteiger partial charge in [0, 0.05) is 45.2 Å². The van der Waals surface area contributed by atoms with Crippen LogP contribution in [0.25, 0.3) is 11.0 Å². The molecule has 3 aliphatic rings. The smallest absolute Gasteiger partial charge is 0.297 e. The van der Waals surface area contributed by atoms with Gasteiger partial charge in [-0.3, -0.25) is 0 Å². The minimum absolute atomic E-state index is 0.000331. The first-order valence-corrected chi connectivity index (χ1v) is 25.7. The third-order valence-corrected chi connectivity index (χ3v) is 16.0. The number of hydrogen-bond donors (Lipinski definition) is 0. The summed E-state index contributed by atoms with van der Waals surface area (Å²) in [6.45, 7) is 32.9. The van der Waals surface area contributed by atoms with Crippen molar-refractivity contribution < 1.29 is 4.42 Å². The molecular weight excluding hydrogens is 850 g/mol. The molecule has 7 aromatic carbocycles. The average Bonchev–Trinajstić information content (AvgIpc) is 3.69. The molecule has 0 spiro atoms. The highest BCUT2D eigenvalue weighted by Crippen LogP contribution is 2.53. The summed E-state index contributed by atoms with van der Waals surface area (Å²) >= 11 is 0. The number of aryl methyl sites for hydroxylation is 1. The van der Waals surface area contributed by atoms with E-state index in [-0.39, 0.29) is 33.8 Å². The van der Waals surface area contributed by atoms with Crippen LogP contribution in [0.3, 0.4) is 0 Å². The number of benzene rings is 7. The third kappa shape index (κ3) is 7.49. The van der Waals surface area contributed by atoms with Gasteiger partial charge in [0.15, 0.2) is 0 Å². The Hall–Kier alpha value is -6.46. The maximum absolute atomic E-state index is 7.39. The highest BCUT2D eigenvalue weighted by molar-refractivity contribution is 7.00. The molecule has 5 heteroatoms. The molecule has 0 N–H and O–H groups in total. The molecule has 0 saturated heterocycles. The van der Waals surface area contributed by atoms with Crippen molar-refractivity contribution in [2.75, 3.05) is 14.7 Å². The van der Waals surface area contributed by atoms with Crippen molar-refractivity contribution >= 4 is 85.5 Å². The number of hydrogen-bond acceptors (Lipinski definition) is 4. The molecule has 0 radical (unpaired) electrons. The van der Waals surface area contributed by atoms with Gasteiger partial charge in [0.25, 0.3) is 6.71 Å². The molecule has 0 bridgehead atoms. The third-order valence-electron chi connectivity index (χ3n) is 16.0. The van der Waals surface area contributed by atoms with Crippen LogP contribution in [-0.2, 0) is 27.1 Å². The Kier molecular flexibility index (Phi) is 10.4. The van der Waals surface area contributed by atoms with Crippen LogP contribution < -0.4 is 31.3 Å². The van der Waals surface area contributed by atoms with Gasteiger partial charge in [0.1, 0.15) is 5.58 Å². The predicted octanol–water partition coefficient (Wildman–Crippen LogP) is 16.5. The van der Waals surface area contributed by atoms with Gasteiger partial charge in [-0.05, 0) is 164 Å². The van der Waals surface area contributed by atoms with E-state index in [1.165, 1.54) is 61.4 Å². The van der Waals surface area contributed by atoms with E-state index >= 15 is 0 Å². The molecule has 0 saturated carbocycles. The Bertz CT molecular complexity index is 3300. The molecule has 3 heterocycles. The van der Waals surface area contributed by atoms with Gasteiger partial charge in [-0.25, -0.2) is 0 Å². The maximum Gasteiger partial charge on any atom is 0.297 e. The molecule has 0 fully saturated rings. The van der Waals surface area contributed by atoms with E-state index in [0.717, 1.165) is 63.6 Å². The Morgan fingerprint density at radius 2 is 1.04 bits per heavy atom. The van der Waals surface area contributed by atoms with Gasteiger partial charge in [-0.15, -0.1) is 0 Å². The molecular formula is C65H70BN3O. The second-order valence-electron chi connectivity index (χ2n) is 25.1. The summed E-state index contributed by atoms with van der Waals surface area (Å²) in [5, 5.41) is 1.12. The fraction of sp³-hybridized carbons (Fsp3) is 0.323. The number of fused-ring (bicyclic) bond motifs is 7. The average molecular weight is 920 g/mol. The van der Waals surface area contributed by atoms with E-state index in [1.54, 1.807) is 0 Å². The molecule has 1 aromatic heterocycles. The van der Waals surface area contributed by atoms with Gasteiger partial charge < -0.3 is 19.1 Å². The lowest BCUT2D eigenvalue weighted by Gasteiger charge is -2.47. The second-order valence-corrected chi connectivity index (χ2v) is 25.1. The minimum Gasteiger partial charge on any atom is -0.468 e. The molecule has 0 unspecified atom stereocenters. The van der Waals surface area contributed by atoms with Gasteiger partial charge in [-0.2, -0.15) is 0 Å². The number of nitrogens with zero attached hydrogens (tertiary/aromatic N) is 3. The largest absolute Gasteiger partial charge is 0.468 e. The highest BCUT2D eigenvalue weighted by Gasteiger charge is 2.49. The summed E-state index contributed by atoms with van der Waals surface area (Å²) in [5.74, 6) is 0. The van der Waals surface area contributed by atoms with Gasteiger partial charge in [0.05, 0.1) is 17.0 Å². The van der Waals surface area contributed by atoms with Crippen molar-refractivity contribution in [3.63, 3.8) is 0 Å². The van der Waals surface area contributed by atoms with E-state index in [4.69, 9.17) is 4.42 Å². The normalized spacial score (nSPS) is 15.9. The van der Waals surface area contributed by atoms with Gasteiger partial charge in [0.2, 0.25) is 0 Å². The van der Waals surface area contributed by atoms with Crippen molar-refractivity contribution in [2.45, 2.75) is 137 Å². The summed E-state index contributed by atoms with van der Waals surface area (Å²) in [5.41, 5.74) is 22.6. The SMILES string of the molecule is Cc1ccc(N(c2ccccc2)c2cc3c4c(c2)N(c2ccc(C(C)(C)C)cc2)c2c(oc5ccccc25)B4c2cc4c(cc2N3c2cc(C(C)(C)C)cc(C(C)(C)C)c2)C(C)(C)CCC4(C)C)cc1. The molecule has 70 heavy (non-hydrogen) atoms. The van der Waals surface area contributed by atoms with E-state index in [0.29, 0.717) is 0 Å². The monoisotopic (exact) mass is 920 g/mol. The topological polar surface area (TPSA) is 22.9 Å². The van der Waals surface area contributed by atoms with Crippen LogP contribution >= 0.6 is 0 Å². The summed E-state index contributed by atoms with van der Waals surface area (Å²) < 4.78 is 7.39. The number of furan rings is 1. The molecule has 0 atom stereocenters. The second kappa shape index (κ2) is 15.8. The van der Waals surface area contributed by atoms with Crippen molar-refractivity contribution in [2.24, 2.45) is 0 Å². The number of para-hydroxylation sites is 2. The summed E-state index contributed by atoms with van der Waals surface area (Å²) in [4.78, 5) is 7.64. The van der Waals surface area contributed by atoms with Gasteiger partial charge >= 0.3 is 0 Å².